The first-order chi connectivity index (χ1) is 9.58. The molecule has 0 aliphatic rings. The Balaban J connectivity index is 2.13. The number of fused-ring (bicyclic) bond motifs is 1. The summed E-state index contributed by atoms with van der Waals surface area (Å²) in [4.78, 5) is 12.5. The second-order valence-corrected chi connectivity index (χ2v) is 5.25. The van der Waals surface area contributed by atoms with Gasteiger partial charge in [-0.15, -0.1) is 0 Å². The molecule has 0 amide bonds. The van der Waals surface area contributed by atoms with Gasteiger partial charge in [0, 0.05) is 16.2 Å². The highest BCUT2D eigenvalue weighted by Gasteiger charge is 2.15. The zero-order valence-electron chi connectivity index (χ0n) is 10.3. The van der Waals surface area contributed by atoms with Crippen LogP contribution in [-0.4, -0.2) is 10.2 Å². The minimum Gasteiger partial charge on any atom is -0.396 e. The minimum atomic E-state index is -0.585. The number of carbonyl (C=O) groups excluding carboxylic acids is 1. The van der Waals surface area contributed by atoms with Gasteiger partial charge in [-0.05, 0) is 58.4 Å². The van der Waals surface area contributed by atoms with Crippen molar-refractivity contribution < 1.29 is 9.18 Å². The third-order valence-electron chi connectivity index (χ3n) is 3.14. The average molecular weight is 333 g/mol. The topological polar surface area (TPSA) is 47.5 Å². The van der Waals surface area contributed by atoms with Crippen LogP contribution in [0.4, 0.5) is 10.1 Å². The molecule has 0 spiro atoms. The molecule has 0 aliphatic heterocycles. The summed E-state index contributed by atoms with van der Waals surface area (Å²) in [6, 6.07) is 11.4. The van der Waals surface area contributed by atoms with Gasteiger partial charge in [-0.1, -0.05) is 0 Å². The molecule has 2 N–H and O–H groups in total. The van der Waals surface area contributed by atoms with Crippen molar-refractivity contribution in [1.29, 1.82) is 0 Å². The van der Waals surface area contributed by atoms with Crippen molar-refractivity contribution in [3.8, 4) is 0 Å². The van der Waals surface area contributed by atoms with Gasteiger partial charge in [0.2, 0.25) is 5.78 Å². The van der Waals surface area contributed by atoms with Crippen LogP contribution >= 0.6 is 15.9 Å². The predicted octanol–water partition coefficient (Wildman–Crippen LogP) is 3.65. The fourth-order valence-corrected chi connectivity index (χ4v) is 2.58. The Morgan fingerprint density at radius 2 is 2.00 bits per heavy atom. The van der Waals surface area contributed by atoms with Crippen molar-refractivity contribution in [2.75, 3.05) is 5.73 Å². The quantitative estimate of drug-likeness (QED) is 0.575. The van der Waals surface area contributed by atoms with Gasteiger partial charge in [0.05, 0.1) is 16.9 Å². The summed E-state index contributed by atoms with van der Waals surface area (Å²) in [5, 5.41) is 0. The number of rotatable bonds is 2. The van der Waals surface area contributed by atoms with Crippen LogP contribution in [0.5, 0.6) is 0 Å². The number of nitrogens with two attached hydrogens (primary N) is 1. The van der Waals surface area contributed by atoms with Crippen molar-refractivity contribution in [2.45, 2.75) is 0 Å². The number of nitrogen functional groups attached to an aromatic ring is 1. The molecule has 0 saturated heterocycles. The summed E-state index contributed by atoms with van der Waals surface area (Å²) in [5.74, 6) is -0.833. The lowest BCUT2D eigenvalue weighted by molar-refractivity contribution is 0.103. The van der Waals surface area contributed by atoms with Crippen LogP contribution in [0.25, 0.3) is 5.52 Å². The second kappa shape index (κ2) is 4.76. The molecule has 0 radical (unpaired) electrons. The molecule has 1 aromatic carbocycles. The summed E-state index contributed by atoms with van der Waals surface area (Å²) < 4.78 is 16.1. The number of aromatic nitrogens is 1. The van der Waals surface area contributed by atoms with Crippen molar-refractivity contribution in [2.24, 2.45) is 0 Å². The van der Waals surface area contributed by atoms with E-state index >= 15 is 0 Å². The standard InChI is InChI=1S/C15H10BrFN2O/c16-10-2-1-7-19-13(10)5-6-14(19)15(20)9-3-4-12(18)11(17)8-9/h1-8H,18H2. The fourth-order valence-electron chi connectivity index (χ4n) is 2.10. The highest BCUT2D eigenvalue weighted by atomic mass is 79.9. The van der Waals surface area contributed by atoms with E-state index in [-0.39, 0.29) is 17.0 Å². The Kier molecular flexibility index (Phi) is 3.06. The molecule has 0 atom stereocenters. The van der Waals surface area contributed by atoms with Crippen LogP contribution in [0.15, 0.2) is 53.1 Å². The van der Waals surface area contributed by atoms with Gasteiger partial charge in [0.25, 0.3) is 0 Å². The molecule has 3 rings (SSSR count). The second-order valence-electron chi connectivity index (χ2n) is 4.40. The molecule has 20 heavy (non-hydrogen) atoms. The van der Waals surface area contributed by atoms with E-state index in [1.807, 2.05) is 18.2 Å². The van der Waals surface area contributed by atoms with Gasteiger partial charge in [-0.25, -0.2) is 4.39 Å². The molecule has 5 heteroatoms. The molecule has 2 aromatic heterocycles. The molecule has 0 saturated carbocycles. The number of hydrogen-bond acceptors (Lipinski definition) is 2. The first kappa shape index (κ1) is 12.9. The first-order valence-corrected chi connectivity index (χ1v) is 6.72. The number of pyridine rings is 1. The summed E-state index contributed by atoms with van der Waals surface area (Å²) in [6.45, 7) is 0. The minimum absolute atomic E-state index is 0.0318. The van der Waals surface area contributed by atoms with Crippen molar-refractivity contribution in [1.82, 2.24) is 4.40 Å². The van der Waals surface area contributed by atoms with Gasteiger partial charge in [-0.2, -0.15) is 0 Å². The van der Waals surface area contributed by atoms with E-state index < -0.39 is 5.82 Å². The fraction of sp³-hybridized carbons (Fsp3) is 0. The lowest BCUT2D eigenvalue weighted by Crippen LogP contribution is -2.06. The van der Waals surface area contributed by atoms with Crippen LogP contribution in [0.3, 0.4) is 0 Å². The number of ketones is 1. The zero-order valence-corrected chi connectivity index (χ0v) is 11.9. The van der Waals surface area contributed by atoms with E-state index in [0.29, 0.717) is 5.69 Å². The van der Waals surface area contributed by atoms with Crippen molar-refractivity contribution in [3.63, 3.8) is 0 Å². The lowest BCUT2D eigenvalue weighted by Gasteiger charge is -2.04. The van der Waals surface area contributed by atoms with Gasteiger partial charge in [0.15, 0.2) is 0 Å². The third kappa shape index (κ3) is 2.00. The molecule has 3 nitrogen and oxygen atoms in total. The predicted molar refractivity (Wildman–Crippen MR) is 79.3 cm³/mol. The Morgan fingerprint density at radius 3 is 2.75 bits per heavy atom. The number of carbonyl (C=O) groups is 1. The summed E-state index contributed by atoms with van der Waals surface area (Å²) in [5.41, 5.74) is 7.09. The Bertz CT molecular complexity index is 826. The maximum absolute atomic E-state index is 13.5. The van der Waals surface area contributed by atoms with Crippen LogP contribution in [-0.2, 0) is 0 Å². The molecule has 0 unspecified atom stereocenters. The SMILES string of the molecule is Nc1ccc(C(=O)c2ccc3c(Br)cccn23)cc1F. The van der Waals surface area contributed by atoms with Crippen LogP contribution in [0.1, 0.15) is 16.1 Å². The Morgan fingerprint density at radius 1 is 1.20 bits per heavy atom. The third-order valence-corrected chi connectivity index (χ3v) is 3.81. The number of halogens is 2. The first-order valence-electron chi connectivity index (χ1n) is 5.93. The maximum Gasteiger partial charge on any atom is 0.209 e. The van der Waals surface area contributed by atoms with E-state index in [1.54, 1.807) is 16.7 Å². The average Bonchev–Trinajstić information content (AvgIpc) is 2.86. The van der Waals surface area contributed by atoms with Gasteiger partial charge in [0.1, 0.15) is 5.82 Å². The molecule has 3 aromatic rings. The molecule has 0 bridgehead atoms. The van der Waals surface area contributed by atoms with Gasteiger partial charge >= 0.3 is 0 Å². The molecular formula is C15H10BrFN2O. The maximum atomic E-state index is 13.5. The zero-order chi connectivity index (χ0) is 14.3. The highest BCUT2D eigenvalue weighted by molar-refractivity contribution is 9.10. The largest absolute Gasteiger partial charge is 0.396 e. The van der Waals surface area contributed by atoms with Gasteiger partial charge in [-0.3, -0.25) is 4.79 Å². The molecule has 0 fully saturated rings. The van der Waals surface area contributed by atoms with Crippen LogP contribution in [0.2, 0.25) is 0 Å². The number of benzene rings is 1. The Hall–Kier alpha value is -2.14. The van der Waals surface area contributed by atoms with Crippen LogP contribution in [0, 0.1) is 5.82 Å². The monoisotopic (exact) mass is 332 g/mol. The Labute approximate surface area is 123 Å². The van der Waals surface area contributed by atoms with Gasteiger partial charge < -0.3 is 10.1 Å². The summed E-state index contributed by atoms with van der Waals surface area (Å²) in [7, 11) is 0. The van der Waals surface area contributed by atoms with E-state index in [1.165, 1.54) is 12.1 Å². The number of nitrogens with zero attached hydrogens (tertiary/aromatic N) is 1. The number of hydrogen-bond donors (Lipinski definition) is 1. The summed E-state index contributed by atoms with van der Waals surface area (Å²) in [6.07, 6.45) is 1.79. The highest BCUT2D eigenvalue weighted by Crippen LogP contribution is 2.22. The smallest absolute Gasteiger partial charge is 0.209 e. The van der Waals surface area contributed by atoms with E-state index in [0.717, 1.165) is 16.1 Å². The molecular weight excluding hydrogens is 323 g/mol. The summed E-state index contributed by atoms with van der Waals surface area (Å²) >= 11 is 3.43. The molecule has 2 heterocycles. The van der Waals surface area contributed by atoms with E-state index in [9.17, 15) is 9.18 Å². The normalized spacial score (nSPS) is 10.9. The molecule has 0 aliphatic carbocycles. The number of anilines is 1. The lowest BCUT2D eigenvalue weighted by atomic mass is 10.1. The van der Waals surface area contributed by atoms with Crippen molar-refractivity contribution >= 4 is 32.9 Å². The van der Waals surface area contributed by atoms with Crippen LogP contribution < -0.4 is 5.73 Å². The van der Waals surface area contributed by atoms with Crippen molar-refractivity contribution in [3.05, 3.63) is 70.2 Å². The van der Waals surface area contributed by atoms with E-state index in [2.05, 4.69) is 15.9 Å². The van der Waals surface area contributed by atoms with E-state index in [4.69, 9.17) is 5.73 Å². The molecule has 100 valence electrons.